The second kappa shape index (κ2) is 6.68. The van der Waals surface area contributed by atoms with Crippen LogP contribution in [-0.2, 0) is 6.54 Å². The van der Waals surface area contributed by atoms with E-state index >= 15 is 0 Å². The number of rotatable bonds is 6. The Morgan fingerprint density at radius 2 is 1.90 bits per heavy atom. The zero-order valence-electron chi connectivity index (χ0n) is 12.0. The summed E-state index contributed by atoms with van der Waals surface area (Å²) >= 11 is 0. The van der Waals surface area contributed by atoms with Crippen molar-refractivity contribution in [1.29, 1.82) is 0 Å². The summed E-state index contributed by atoms with van der Waals surface area (Å²) in [7, 11) is 2.04. The second-order valence-corrected chi connectivity index (χ2v) is 5.20. The van der Waals surface area contributed by atoms with Crippen molar-refractivity contribution in [3.8, 4) is 0 Å². The van der Waals surface area contributed by atoms with Gasteiger partial charge in [-0.1, -0.05) is 12.1 Å². The number of nitrogens with zero attached hydrogens (tertiary/aromatic N) is 1. The molecule has 0 amide bonds. The predicted molar refractivity (Wildman–Crippen MR) is 77.7 cm³/mol. The van der Waals surface area contributed by atoms with Crippen LogP contribution in [0.2, 0.25) is 0 Å². The lowest BCUT2D eigenvalue weighted by Gasteiger charge is -2.18. The van der Waals surface area contributed by atoms with Gasteiger partial charge in [-0.05, 0) is 50.2 Å². The summed E-state index contributed by atoms with van der Waals surface area (Å²) in [5.41, 5.74) is 7.08. The predicted octanol–water partition coefficient (Wildman–Crippen LogP) is 3.25. The lowest BCUT2D eigenvalue weighted by Crippen LogP contribution is -2.23. The molecule has 3 nitrogen and oxygen atoms in total. The molecule has 0 aliphatic rings. The molecular weight excluding hydrogens is 255 g/mol. The summed E-state index contributed by atoms with van der Waals surface area (Å²) in [6.45, 7) is 3.57. The number of aryl methyl sites for hydroxylation is 1. The number of hydrogen-bond donors (Lipinski definition) is 1. The topological polar surface area (TPSA) is 42.4 Å². The lowest BCUT2D eigenvalue weighted by molar-refractivity contribution is 0.281. The molecule has 1 aromatic heterocycles. The molecule has 1 heterocycles. The molecule has 2 aromatic rings. The quantitative estimate of drug-likeness (QED) is 0.880. The average molecular weight is 276 g/mol. The van der Waals surface area contributed by atoms with Crippen molar-refractivity contribution in [2.45, 2.75) is 25.9 Å². The number of halogens is 1. The standard InChI is InChI=1S/C16H21FN2O/c1-12-3-8-15(20-12)11-19(2)10-9-16(18)13-4-6-14(17)7-5-13/h3-8,16H,9-11,18H2,1-2H3. The molecule has 0 radical (unpaired) electrons. The summed E-state index contributed by atoms with van der Waals surface area (Å²) in [4.78, 5) is 2.17. The Balaban J connectivity index is 1.80. The maximum absolute atomic E-state index is 12.8. The van der Waals surface area contributed by atoms with Crippen molar-refractivity contribution in [2.24, 2.45) is 5.73 Å². The number of hydrogen-bond acceptors (Lipinski definition) is 3. The van der Waals surface area contributed by atoms with Gasteiger partial charge in [0.1, 0.15) is 17.3 Å². The van der Waals surface area contributed by atoms with Crippen molar-refractivity contribution in [2.75, 3.05) is 13.6 Å². The van der Waals surface area contributed by atoms with Crippen molar-refractivity contribution in [3.63, 3.8) is 0 Å². The van der Waals surface area contributed by atoms with Crippen LogP contribution in [0.3, 0.4) is 0 Å². The first kappa shape index (κ1) is 14.8. The molecule has 0 bridgehead atoms. The van der Waals surface area contributed by atoms with Crippen molar-refractivity contribution in [1.82, 2.24) is 4.90 Å². The third kappa shape index (κ3) is 4.18. The summed E-state index contributed by atoms with van der Waals surface area (Å²) < 4.78 is 18.4. The van der Waals surface area contributed by atoms with Gasteiger partial charge in [-0.2, -0.15) is 0 Å². The van der Waals surface area contributed by atoms with Crippen LogP contribution in [0.4, 0.5) is 4.39 Å². The third-order valence-corrected chi connectivity index (χ3v) is 3.34. The van der Waals surface area contributed by atoms with E-state index in [0.717, 1.165) is 36.6 Å². The molecular formula is C16H21FN2O. The van der Waals surface area contributed by atoms with Crippen LogP contribution in [-0.4, -0.2) is 18.5 Å². The molecule has 1 atom stereocenters. The van der Waals surface area contributed by atoms with E-state index in [1.807, 2.05) is 26.1 Å². The van der Waals surface area contributed by atoms with Crippen LogP contribution in [0.25, 0.3) is 0 Å². The van der Waals surface area contributed by atoms with Gasteiger partial charge in [0.2, 0.25) is 0 Å². The molecule has 2 N–H and O–H groups in total. The summed E-state index contributed by atoms with van der Waals surface area (Å²) in [5, 5.41) is 0. The molecule has 0 aliphatic carbocycles. The van der Waals surface area contributed by atoms with Gasteiger partial charge >= 0.3 is 0 Å². The van der Waals surface area contributed by atoms with Crippen LogP contribution in [0, 0.1) is 12.7 Å². The van der Waals surface area contributed by atoms with Crippen LogP contribution in [0.1, 0.15) is 29.5 Å². The molecule has 4 heteroatoms. The Morgan fingerprint density at radius 1 is 1.20 bits per heavy atom. The number of benzene rings is 1. The Morgan fingerprint density at radius 3 is 2.50 bits per heavy atom. The highest BCUT2D eigenvalue weighted by molar-refractivity contribution is 5.19. The fraction of sp³-hybridized carbons (Fsp3) is 0.375. The highest BCUT2D eigenvalue weighted by Gasteiger charge is 2.09. The highest BCUT2D eigenvalue weighted by atomic mass is 19.1. The summed E-state index contributed by atoms with van der Waals surface area (Å²) in [5.74, 6) is 1.66. The fourth-order valence-corrected chi connectivity index (χ4v) is 2.15. The second-order valence-electron chi connectivity index (χ2n) is 5.20. The largest absolute Gasteiger partial charge is 0.465 e. The maximum atomic E-state index is 12.8. The van der Waals surface area contributed by atoms with Crippen molar-refractivity contribution < 1.29 is 8.81 Å². The van der Waals surface area contributed by atoms with E-state index < -0.39 is 0 Å². The van der Waals surface area contributed by atoms with E-state index in [2.05, 4.69) is 4.90 Å². The Hall–Kier alpha value is -1.65. The minimum atomic E-state index is -0.230. The number of nitrogens with two attached hydrogens (primary N) is 1. The Kier molecular flexibility index (Phi) is 4.93. The molecule has 108 valence electrons. The van der Waals surface area contributed by atoms with Gasteiger partial charge in [-0.25, -0.2) is 4.39 Å². The Bertz CT molecular complexity index is 536. The molecule has 0 spiro atoms. The van der Waals surface area contributed by atoms with Crippen LogP contribution < -0.4 is 5.73 Å². The van der Waals surface area contributed by atoms with Crippen molar-refractivity contribution >= 4 is 0 Å². The van der Waals surface area contributed by atoms with E-state index in [1.165, 1.54) is 12.1 Å². The SMILES string of the molecule is Cc1ccc(CN(C)CCC(N)c2ccc(F)cc2)o1. The van der Waals surface area contributed by atoms with Gasteiger partial charge in [0.05, 0.1) is 6.54 Å². The normalized spacial score (nSPS) is 12.8. The maximum Gasteiger partial charge on any atom is 0.123 e. The van der Waals surface area contributed by atoms with Crippen molar-refractivity contribution in [3.05, 3.63) is 59.3 Å². The molecule has 0 fully saturated rings. The molecule has 1 aromatic carbocycles. The first-order valence-corrected chi connectivity index (χ1v) is 6.79. The van der Waals surface area contributed by atoms with E-state index in [4.69, 9.17) is 10.2 Å². The first-order valence-electron chi connectivity index (χ1n) is 6.79. The highest BCUT2D eigenvalue weighted by Crippen LogP contribution is 2.16. The van der Waals surface area contributed by atoms with Gasteiger partial charge in [0.25, 0.3) is 0 Å². The average Bonchev–Trinajstić information content (AvgIpc) is 2.82. The summed E-state index contributed by atoms with van der Waals surface area (Å²) in [6.07, 6.45) is 0.821. The van der Waals surface area contributed by atoms with E-state index in [-0.39, 0.29) is 11.9 Å². The van der Waals surface area contributed by atoms with Gasteiger partial charge in [-0.15, -0.1) is 0 Å². The van der Waals surface area contributed by atoms with Gasteiger partial charge < -0.3 is 10.2 Å². The molecule has 20 heavy (non-hydrogen) atoms. The van der Waals surface area contributed by atoms with Gasteiger partial charge in [0, 0.05) is 12.6 Å². The zero-order chi connectivity index (χ0) is 14.5. The smallest absolute Gasteiger partial charge is 0.123 e. The minimum absolute atomic E-state index is 0.0728. The summed E-state index contributed by atoms with van der Waals surface area (Å²) in [6, 6.07) is 10.3. The van der Waals surface area contributed by atoms with Gasteiger partial charge in [0.15, 0.2) is 0 Å². The molecule has 2 rings (SSSR count). The molecule has 1 unspecified atom stereocenters. The minimum Gasteiger partial charge on any atom is -0.465 e. The molecule has 0 saturated carbocycles. The first-order chi connectivity index (χ1) is 9.54. The van der Waals surface area contributed by atoms with E-state index in [1.54, 1.807) is 12.1 Å². The van der Waals surface area contributed by atoms with E-state index in [9.17, 15) is 4.39 Å². The lowest BCUT2D eigenvalue weighted by atomic mass is 10.0. The third-order valence-electron chi connectivity index (χ3n) is 3.34. The monoisotopic (exact) mass is 276 g/mol. The van der Waals surface area contributed by atoms with Crippen LogP contribution in [0.5, 0.6) is 0 Å². The molecule has 0 saturated heterocycles. The van der Waals surface area contributed by atoms with Crippen LogP contribution in [0.15, 0.2) is 40.8 Å². The molecule has 0 aliphatic heterocycles. The van der Waals surface area contributed by atoms with E-state index in [0.29, 0.717) is 0 Å². The number of furan rings is 1. The van der Waals surface area contributed by atoms with Gasteiger partial charge in [-0.3, -0.25) is 4.90 Å². The zero-order valence-corrected chi connectivity index (χ0v) is 12.0. The fourth-order valence-electron chi connectivity index (χ4n) is 2.15. The van der Waals surface area contributed by atoms with Crippen LogP contribution >= 0.6 is 0 Å². The Labute approximate surface area is 119 Å².